The third-order valence-electron chi connectivity index (χ3n) is 3.23. The zero-order valence-electron chi connectivity index (χ0n) is 12.2. The molecule has 1 N–H and O–H groups in total. The predicted molar refractivity (Wildman–Crippen MR) is 79.5 cm³/mol. The van der Waals surface area contributed by atoms with Crippen molar-refractivity contribution in [2.24, 2.45) is 0 Å². The number of nitrogens with one attached hydrogen (secondary N) is 1. The van der Waals surface area contributed by atoms with Gasteiger partial charge in [-0.1, -0.05) is 30.3 Å². The third-order valence-corrected chi connectivity index (χ3v) is 3.23. The van der Waals surface area contributed by atoms with Gasteiger partial charge in [-0.25, -0.2) is 4.39 Å². The third kappa shape index (κ3) is 3.89. The van der Waals surface area contributed by atoms with Crippen molar-refractivity contribution in [1.82, 2.24) is 5.32 Å². The first-order valence-corrected chi connectivity index (χ1v) is 6.72. The van der Waals surface area contributed by atoms with E-state index in [1.807, 2.05) is 24.3 Å². The van der Waals surface area contributed by atoms with Crippen LogP contribution >= 0.6 is 0 Å². The van der Waals surface area contributed by atoms with Crippen molar-refractivity contribution in [3.05, 3.63) is 70.5 Å². The van der Waals surface area contributed by atoms with Crippen molar-refractivity contribution in [1.29, 1.82) is 0 Å². The van der Waals surface area contributed by atoms with Gasteiger partial charge >= 0.3 is 0 Å². The number of hydrogen-bond donors (Lipinski definition) is 1. The minimum absolute atomic E-state index is 0.0600. The topological polar surface area (TPSA) is 38.3 Å². The Morgan fingerprint density at radius 3 is 2.57 bits per heavy atom. The van der Waals surface area contributed by atoms with Crippen LogP contribution in [0.3, 0.4) is 0 Å². The fraction of sp³-hybridized carbons (Fsp3) is 0.235. The van der Waals surface area contributed by atoms with Gasteiger partial charge in [0.2, 0.25) is 0 Å². The molecule has 1 amide bonds. The van der Waals surface area contributed by atoms with Gasteiger partial charge < -0.3 is 10.1 Å². The summed E-state index contributed by atoms with van der Waals surface area (Å²) in [5, 5.41) is 2.74. The molecule has 21 heavy (non-hydrogen) atoms. The lowest BCUT2D eigenvalue weighted by Crippen LogP contribution is -2.24. The Kier molecular flexibility index (Phi) is 5.06. The first-order chi connectivity index (χ1) is 10.1. The first kappa shape index (κ1) is 15.2. The summed E-state index contributed by atoms with van der Waals surface area (Å²) in [6.07, 6.45) is 0. The smallest absolute Gasteiger partial charge is 0.254 e. The molecule has 0 saturated carbocycles. The molecule has 0 saturated heterocycles. The van der Waals surface area contributed by atoms with E-state index in [1.165, 1.54) is 12.1 Å². The van der Waals surface area contributed by atoms with E-state index in [0.29, 0.717) is 13.2 Å². The molecule has 3 nitrogen and oxygen atoms in total. The molecule has 0 fully saturated rings. The molecule has 0 bridgehead atoms. The summed E-state index contributed by atoms with van der Waals surface area (Å²) in [7, 11) is 1.62. The van der Waals surface area contributed by atoms with E-state index in [-0.39, 0.29) is 5.56 Å². The highest BCUT2D eigenvalue weighted by Crippen LogP contribution is 2.12. The lowest BCUT2D eigenvalue weighted by atomic mass is 10.1. The lowest BCUT2D eigenvalue weighted by molar-refractivity contribution is 0.0946. The highest BCUT2D eigenvalue weighted by molar-refractivity contribution is 5.94. The summed E-state index contributed by atoms with van der Waals surface area (Å²) in [6, 6.07) is 12.2. The number of hydrogen-bond acceptors (Lipinski definition) is 2. The molecule has 110 valence electrons. The first-order valence-electron chi connectivity index (χ1n) is 6.72. The van der Waals surface area contributed by atoms with Crippen molar-refractivity contribution >= 4 is 5.91 Å². The number of aryl methyl sites for hydroxylation is 1. The highest BCUT2D eigenvalue weighted by Gasteiger charge is 2.12. The van der Waals surface area contributed by atoms with E-state index in [2.05, 4.69) is 5.32 Å². The summed E-state index contributed by atoms with van der Waals surface area (Å²) >= 11 is 0. The quantitative estimate of drug-likeness (QED) is 0.917. The van der Waals surface area contributed by atoms with Gasteiger partial charge in [-0.15, -0.1) is 0 Å². The Morgan fingerprint density at radius 2 is 1.90 bits per heavy atom. The number of benzene rings is 2. The molecule has 2 aromatic carbocycles. The normalized spacial score (nSPS) is 10.4. The molecule has 0 spiro atoms. The summed E-state index contributed by atoms with van der Waals surface area (Å²) in [5.74, 6) is -0.919. The van der Waals surface area contributed by atoms with Crippen LogP contribution in [0.2, 0.25) is 0 Å². The van der Waals surface area contributed by atoms with Crippen molar-refractivity contribution in [2.75, 3.05) is 7.11 Å². The van der Waals surface area contributed by atoms with Crippen LogP contribution in [0, 0.1) is 12.7 Å². The van der Waals surface area contributed by atoms with Crippen molar-refractivity contribution in [2.45, 2.75) is 20.1 Å². The lowest BCUT2D eigenvalue weighted by Gasteiger charge is -2.10. The molecule has 0 aliphatic heterocycles. The maximum Gasteiger partial charge on any atom is 0.254 e. The SMILES string of the molecule is COCc1ccccc1CNC(=O)c1ccc(C)cc1F. The van der Waals surface area contributed by atoms with Gasteiger partial charge in [-0.05, 0) is 35.7 Å². The standard InChI is InChI=1S/C17H18FNO2/c1-12-7-8-15(16(18)9-12)17(20)19-10-13-5-3-4-6-14(13)11-21-2/h3-9H,10-11H2,1-2H3,(H,19,20). The van der Waals surface area contributed by atoms with Crippen LogP contribution in [0.4, 0.5) is 4.39 Å². The number of carbonyl (C=O) groups excluding carboxylic acids is 1. The van der Waals surface area contributed by atoms with Crippen LogP contribution in [0.25, 0.3) is 0 Å². The number of halogens is 1. The Hall–Kier alpha value is -2.20. The van der Waals surface area contributed by atoms with E-state index >= 15 is 0 Å². The van der Waals surface area contributed by atoms with Gasteiger partial charge in [0.25, 0.3) is 5.91 Å². The van der Waals surface area contributed by atoms with E-state index in [1.54, 1.807) is 20.1 Å². The molecule has 2 aromatic rings. The van der Waals surface area contributed by atoms with Gasteiger partial charge in [-0.3, -0.25) is 4.79 Å². The molecule has 4 heteroatoms. The zero-order valence-corrected chi connectivity index (χ0v) is 12.2. The Bertz CT molecular complexity index is 640. The van der Waals surface area contributed by atoms with Gasteiger partial charge in [-0.2, -0.15) is 0 Å². The van der Waals surface area contributed by atoms with E-state index in [0.717, 1.165) is 16.7 Å². The minimum Gasteiger partial charge on any atom is -0.380 e. The van der Waals surface area contributed by atoms with Crippen molar-refractivity contribution in [3.8, 4) is 0 Å². The van der Waals surface area contributed by atoms with Crippen molar-refractivity contribution in [3.63, 3.8) is 0 Å². The van der Waals surface area contributed by atoms with Gasteiger partial charge in [0.1, 0.15) is 5.82 Å². The molecule has 2 rings (SSSR count). The van der Waals surface area contributed by atoms with Crippen LogP contribution in [0.15, 0.2) is 42.5 Å². The average Bonchev–Trinajstić information content (AvgIpc) is 2.46. The molecule has 0 heterocycles. The Balaban J connectivity index is 2.07. The van der Waals surface area contributed by atoms with E-state index < -0.39 is 11.7 Å². The monoisotopic (exact) mass is 287 g/mol. The van der Waals surface area contributed by atoms with E-state index in [9.17, 15) is 9.18 Å². The number of methoxy groups -OCH3 is 1. The molecule has 0 radical (unpaired) electrons. The summed E-state index contributed by atoms with van der Waals surface area (Å²) in [5.41, 5.74) is 2.81. The number of rotatable bonds is 5. The maximum absolute atomic E-state index is 13.7. The summed E-state index contributed by atoms with van der Waals surface area (Å²) < 4.78 is 18.9. The second-order valence-electron chi connectivity index (χ2n) is 4.87. The van der Waals surface area contributed by atoms with Crippen LogP contribution in [0.5, 0.6) is 0 Å². The van der Waals surface area contributed by atoms with E-state index in [4.69, 9.17) is 4.74 Å². The van der Waals surface area contributed by atoms with Gasteiger partial charge in [0, 0.05) is 13.7 Å². The largest absolute Gasteiger partial charge is 0.380 e. The molecular formula is C17H18FNO2. The van der Waals surface area contributed by atoms with Gasteiger partial charge in [0.05, 0.1) is 12.2 Å². The average molecular weight is 287 g/mol. The zero-order chi connectivity index (χ0) is 15.2. The fourth-order valence-electron chi connectivity index (χ4n) is 2.10. The molecule has 0 aliphatic rings. The van der Waals surface area contributed by atoms with Crippen LogP contribution < -0.4 is 5.32 Å². The summed E-state index contributed by atoms with van der Waals surface area (Å²) in [6.45, 7) is 2.60. The highest BCUT2D eigenvalue weighted by atomic mass is 19.1. The Morgan fingerprint density at radius 1 is 1.19 bits per heavy atom. The maximum atomic E-state index is 13.7. The summed E-state index contributed by atoms with van der Waals surface area (Å²) in [4.78, 5) is 12.0. The number of amides is 1. The second-order valence-corrected chi connectivity index (χ2v) is 4.87. The Labute approximate surface area is 123 Å². The number of ether oxygens (including phenoxy) is 1. The van der Waals surface area contributed by atoms with Crippen molar-refractivity contribution < 1.29 is 13.9 Å². The molecule has 0 unspecified atom stereocenters. The molecule has 0 atom stereocenters. The second kappa shape index (κ2) is 6.99. The minimum atomic E-state index is -0.502. The predicted octanol–water partition coefficient (Wildman–Crippen LogP) is 3.21. The molecule has 0 aliphatic carbocycles. The number of carbonyl (C=O) groups is 1. The molecule has 0 aromatic heterocycles. The van der Waals surface area contributed by atoms with Crippen LogP contribution in [-0.4, -0.2) is 13.0 Å². The van der Waals surface area contributed by atoms with Gasteiger partial charge in [0.15, 0.2) is 0 Å². The molecular weight excluding hydrogens is 269 g/mol. The van der Waals surface area contributed by atoms with Crippen LogP contribution in [0.1, 0.15) is 27.0 Å². The fourth-order valence-corrected chi connectivity index (χ4v) is 2.10. The van der Waals surface area contributed by atoms with Crippen LogP contribution in [-0.2, 0) is 17.9 Å².